The maximum Gasteiger partial charge on any atom is 0.319 e. The lowest BCUT2D eigenvalue weighted by Crippen LogP contribution is -2.35. The molecule has 0 spiro atoms. The average Bonchev–Trinajstić information content (AvgIpc) is 2.99. The van der Waals surface area contributed by atoms with Gasteiger partial charge in [0.1, 0.15) is 0 Å². The van der Waals surface area contributed by atoms with E-state index in [1.54, 1.807) is 12.1 Å². The zero-order valence-corrected chi connectivity index (χ0v) is 14.4. The molecule has 2 N–H and O–H groups in total. The SMILES string of the molecule is CC[C@H](C)NC(=O)Nc1ccc(S(=O)(=O)C[C@H]2CCOC2)cc1. The summed E-state index contributed by atoms with van der Waals surface area (Å²) in [7, 11) is -3.32. The molecule has 1 aliphatic heterocycles. The lowest BCUT2D eigenvalue weighted by atomic mass is 10.2. The van der Waals surface area contributed by atoms with Gasteiger partial charge in [-0.15, -0.1) is 0 Å². The number of rotatable bonds is 6. The van der Waals surface area contributed by atoms with Gasteiger partial charge in [0.15, 0.2) is 9.84 Å². The summed E-state index contributed by atoms with van der Waals surface area (Å²) in [6.45, 7) is 5.05. The largest absolute Gasteiger partial charge is 0.381 e. The second kappa shape index (κ2) is 7.79. The van der Waals surface area contributed by atoms with Gasteiger partial charge in [-0.3, -0.25) is 0 Å². The van der Waals surface area contributed by atoms with Gasteiger partial charge in [-0.1, -0.05) is 6.92 Å². The first kappa shape index (κ1) is 17.7. The van der Waals surface area contributed by atoms with Gasteiger partial charge in [0.25, 0.3) is 0 Å². The highest BCUT2D eigenvalue weighted by molar-refractivity contribution is 7.91. The third-order valence-electron chi connectivity index (χ3n) is 3.94. The second-order valence-electron chi connectivity index (χ2n) is 5.94. The Morgan fingerprint density at radius 1 is 1.35 bits per heavy atom. The van der Waals surface area contributed by atoms with Crippen LogP contribution in [0.15, 0.2) is 29.2 Å². The topological polar surface area (TPSA) is 84.5 Å². The molecule has 128 valence electrons. The minimum absolute atomic E-state index is 0.0686. The van der Waals surface area contributed by atoms with Gasteiger partial charge in [0.05, 0.1) is 17.3 Å². The fraction of sp³-hybridized carbons (Fsp3) is 0.562. The lowest BCUT2D eigenvalue weighted by molar-refractivity contribution is 0.188. The van der Waals surface area contributed by atoms with Crippen LogP contribution >= 0.6 is 0 Å². The maximum atomic E-state index is 12.4. The standard InChI is InChI=1S/C16H24N2O4S/c1-3-12(2)17-16(19)18-14-4-6-15(7-5-14)23(20,21)11-13-8-9-22-10-13/h4-7,12-13H,3,8-11H2,1-2H3,(H2,17,18,19)/t12-,13-/m0/s1. The van der Waals surface area contributed by atoms with Crippen molar-refractivity contribution in [3.63, 3.8) is 0 Å². The van der Waals surface area contributed by atoms with Crippen molar-refractivity contribution >= 4 is 21.6 Å². The second-order valence-corrected chi connectivity index (χ2v) is 7.98. The van der Waals surface area contributed by atoms with Crippen LogP contribution in [-0.2, 0) is 14.6 Å². The summed E-state index contributed by atoms with van der Waals surface area (Å²) in [6, 6.07) is 6.07. The van der Waals surface area contributed by atoms with Crippen molar-refractivity contribution < 1.29 is 17.9 Å². The zero-order valence-electron chi connectivity index (χ0n) is 13.5. The Bertz CT molecular complexity index is 622. The number of benzene rings is 1. The predicted molar refractivity (Wildman–Crippen MR) is 89.3 cm³/mol. The summed E-state index contributed by atoms with van der Waals surface area (Å²) in [6.07, 6.45) is 1.63. The molecule has 0 bridgehead atoms. The van der Waals surface area contributed by atoms with Gasteiger partial charge in [-0.25, -0.2) is 13.2 Å². The van der Waals surface area contributed by atoms with Crippen molar-refractivity contribution in [1.29, 1.82) is 0 Å². The number of ether oxygens (including phenoxy) is 1. The Kier molecular flexibility index (Phi) is 6.01. The maximum absolute atomic E-state index is 12.4. The molecule has 0 unspecified atom stereocenters. The molecule has 1 aliphatic rings. The van der Waals surface area contributed by atoms with Crippen LogP contribution < -0.4 is 10.6 Å². The van der Waals surface area contributed by atoms with Crippen molar-refractivity contribution in [2.45, 2.75) is 37.6 Å². The highest BCUT2D eigenvalue weighted by atomic mass is 32.2. The van der Waals surface area contributed by atoms with Gasteiger partial charge in [-0.2, -0.15) is 0 Å². The summed E-state index contributed by atoms with van der Waals surface area (Å²) in [5.74, 6) is 0.174. The van der Waals surface area contributed by atoms with E-state index in [-0.39, 0.29) is 28.6 Å². The summed E-state index contributed by atoms with van der Waals surface area (Å²) >= 11 is 0. The summed E-state index contributed by atoms with van der Waals surface area (Å²) in [5.41, 5.74) is 0.564. The van der Waals surface area contributed by atoms with E-state index < -0.39 is 9.84 Å². The third-order valence-corrected chi connectivity index (χ3v) is 5.84. The molecule has 1 heterocycles. The molecule has 0 aliphatic carbocycles. The molecule has 0 radical (unpaired) electrons. The Labute approximate surface area is 137 Å². The highest BCUT2D eigenvalue weighted by Gasteiger charge is 2.24. The number of carbonyl (C=O) groups is 1. The zero-order chi connectivity index (χ0) is 16.9. The van der Waals surface area contributed by atoms with Crippen molar-refractivity contribution in [1.82, 2.24) is 5.32 Å². The predicted octanol–water partition coefficient (Wildman–Crippen LogP) is 2.42. The summed E-state index contributed by atoms with van der Waals surface area (Å²) in [5, 5.41) is 5.48. The van der Waals surface area contributed by atoms with E-state index in [0.29, 0.717) is 18.9 Å². The van der Waals surface area contributed by atoms with E-state index in [1.807, 2.05) is 13.8 Å². The van der Waals surface area contributed by atoms with Gasteiger partial charge in [0.2, 0.25) is 0 Å². The first-order valence-electron chi connectivity index (χ1n) is 7.89. The van der Waals surface area contributed by atoms with Gasteiger partial charge in [-0.05, 0) is 49.9 Å². The normalized spacial score (nSPS) is 19.3. The molecule has 7 heteroatoms. The van der Waals surface area contributed by atoms with Crippen LogP contribution in [0.1, 0.15) is 26.7 Å². The molecule has 23 heavy (non-hydrogen) atoms. The minimum Gasteiger partial charge on any atom is -0.381 e. The van der Waals surface area contributed by atoms with E-state index >= 15 is 0 Å². The van der Waals surface area contributed by atoms with E-state index in [9.17, 15) is 13.2 Å². The lowest BCUT2D eigenvalue weighted by Gasteiger charge is -2.13. The number of nitrogens with one attached hydrogen (secondary N) is 2. The van der Waals surface area contributed by atoms with E-state index in [0.717, 1.165) is 12.8 Å². The number of hydrogen-bond acceptors (Lipinski definition) is 4. The van der Waals surface area contributed by atoms with Crippen LogP contribution in [0.25, 0.3) is 0 Å². The fourth-order valence-corrected chi connectivity index (χ4v) is 3.99. The molecule has 1 aromatic rings. The van der Waals surface area contributed by atoms with Gasteiger partial charge < -0.3 is 15.4 Å². The van der Waals surface area contributed by atoms with Crippen LogP contribution in [0.4, 0.5) is 10.5 Å². The van der Waals surface area contributed by atoms with Crippen LogP contribution in [0.3, 0.4) is 0 Å². The first-order chi connectivity index (χ1) is 10.9. The smallest absolute Gasteiger partial charge is 0.319 e. The molecule has 2 amide bonds. The van der Waals surface area contributed by atoms with Gasteiger partial charge >= 0.3 is 6.03 Å². The van der Waals surface area contributed by atoms with E-state index in [2.05, 4.69) is 10.6 Å². The molecule has 1 aromatic carbocycles. The molecule has 1 fully saturated rings. The minimum atomic E-state index is -3.32. The average molecular weight is 340 g/mol. The quantitative estimate of drug-likeness (QED) is 0.833. The third kappa shape index (κ3) is 5.21. The van der Waals surface area contributed by atoms with Crippen LogP contribution in [0, 0.1) is 5.92 Å². The van der Waals surface area contributed by atoms with E-state index in [4.69, 9.17) is 4.74 Å². The molecule has 2 rings (SSSR count). The molecule has 0 saturated carbocycles. The van der Waals surface area contributed by atoms with Crippen molar-refractivity contribution in [2.75, 3.05) is 24.3 Å². The number of carbonyl (C=O) groups excluding carboxylic acids is 1. The monoisotopic (exact) mass is 340 g/mol. The van der Waals surface area contributed by atoms with E-state index in [1.165, 1.54) is 12.1 Å². The van der Waals surface area contributed by atoms with Crippen LogP contribution in [-0.4, -0.2) is 39.5 Å². The Balaban J connectivity index is 1.96. The molecular weight excluding hydrogens is 316 g/mol. The summed E-state index contributed by atoms with van der Waals surface area (Å²) < 4.78 is 29.9. The van der Waals surface area contributed by atoms with Crippen LogP contribution in [0.2, 0.25) is 0 Å². The Morgan fingerprint density at radius 2 is 2.04 bits per heavy atom. The fourth-order valence-electron chi connectivity index (χ4n) is 2.36. The van der Waals surface area contributed by atoms with Crippen molar-refractivity contribution in [2.24, 2.45) is 5.92 Å². The molecule has 1 saturated heterocycles. The Morgan fingerprint density at radius 3 is 2.61 bits per heavy atom. The van der Waals surface area contributed by atoms with Crippen molar-refractivity contribution in [3.8, 4) is 0 Å². The number of urea groups is 1. The molecular formula is C16H24N2O4S. The highest BCUT2D eigenvalue weighted by Crippen LogP contribution is 2.21. The van der Waals surface area contributed by atoms with Crippen molar-refractivity contribution in [3.05, 3.63) is 24.3 Å². The van der Waals surface area contributed by atoms with Gasteiger partial charge in [0, 0.05) is 18.3 Å². The number of anilines is 1. The number of hydrogen-bond donors (Lipinski definition) is 2. The Hall–Kier alpha value is -1.60. The number of amides is 2. The molecule has 0 aromatic heterocycles. The van der Waals surface area contributed by atoms with Crippen LogP contribution in [0.5, 0.6) is 0 Å². The first-order valence-corrected chi connectivity index (χ1v) is 9.54. The molecule has 2 atom stereocenters. The molecule has 6 nitrogen and oxygen atoms in total. The number of sulfone groups is 1. The summed E-state index contributed by atoms with van der Waals surface area (Å²) in [4.78, 5) is 12.0.